The van der Waals surface area contributed by atoms with Gasteiger partial charge in [0.25, 0.3) is 0 Å². The van der Waals surface area contributed by atoms with Gasteiger partial charge in [-0.1, -0.05) is 38.1 Å². The minimum Gasteiger partial charge on any atom is -0.337 e. The van der Waals surface area contributed by atoms with Crippen LogP contribution < -0.4 is 4.72 Å². The summed E-state index contributed by atoms with van der Waals surface area (Å²) < 4.78 is 56.4. The molecule has 0 amide bonds. The van der Waals surface area contributed by atoms with Crippen LogP contribution in [-0.4, -0.2) is 32.9 Å². The third-order valence-corrected chi connectivity index (χ3v) is 7.99. The monoisotopic (exact) mass is 447 g/mol. The lowest BCUT2D eigenvalue weighted by Gasteiger charge is -2.16. The lowest BCUT2D eigenvalue weighted by molar-refractivity contribution is 0.567. The van der Waals surface area contributed by atoms with E-state index in [0.717, 1.165) is 0 Å². The van der Waals surface area contributed by atoms with Gasteiger partial charge in [-0.05, 0) is 42.2 Å². The minimum atomic E-state index is -3.88. The van der Waals surface area contributed by atoms with Crippen molar-refractivity contribution >= 4 is 19.9 Å². The summed E-state index contributed by atoms with van der Waals surface area (Å²) in [6, 6.07) is 12.3. The molecule has 0 aliphatic carbocycles. The molecule has 0 radical (unpaired) electrons. The first-order valence-electron chi connectivity index (χ1n) is 9.61. The normalized spacial score (nSPS) is 12.4. The van der Waals surface area contributed by atoms with Crippen molar-refractivity contribution in [2.24, 2.45) is 0 Å². The van der Waals surface area contributed by atoms with E-state index >= 15 is 0 Å². The molecule has 0 aliphatic heterocycles. The summed E-state index contributed by atoms with van der Waals surface area (Å²) in [6.45, 7) is 4.60. The third kappa shape index (κ3) is 4.97. The van der Waals surface area contributed by atoms with E-state index in [1.165, 1.54) is 24.3 Å². The highest BCUT2D eigenvalue weighted by Crippen LogP contribution is 2.29. The second-order valence-corrected chi connectivity index (χ2v) is 10.9. The van der Waals surface area contributed by atoms with Gasteiger partial charge in [0.15, 0.2) is 0 Å². The van der Waals surface area contributed by atoms with Crippen molar-refractivity contribution in [1.82, 2.24) is 14.3 Å². The summed E-state index contributed by atoms with van der Waals surface area (Å²) in [5, 5.41) is 0. The molecule has 160 valence electrons. The molecule has 1 heterocycles. The number of aromatic nitrogens is 2. The molecule has 0 bridgehead atoms. The predicted molar refractivity (Wildman–Crippen MR) is 114 cm³/mol. The number of hydrogen-bond donors (Lipinski definition) is 1. The Morgan fingerprint density at radius 2 is 1.73 bits per heavy atom. The third-order valence-electron chi connectivity index (χ3n) is 4.70. The number of imidazole rings is 1. The Morgan fingerprint density at radius 1 is 1.00 bits per heavy atom. The van der Waals surface area contributed by atoms with Gasteiger partial charge in [-0.2, -0.15) is 0 Å². The first kappa shape index (κ1) is 22.2. The van der Waals surface area contributed by atoms with Crippen LogP contribution in [0, 0.1) is 0 Å². The van der Waals surface area contributed by atoms with Crippen molar-refractivity contribution in [2.75, 3.05) is 6.54 Å². The summed E-state index contributed by atoms with van der Waals surface area (Å²) in [5.74, 6) is -0.0870. The van der Waals surface area contributed by atoms with Gasteiger partial charge in [0, 0.05) is 25.5 Å². The lowest BCUT2D eigenvalue weighted by Crippen LogP contribution is -2.27. The molecule has 0 aliphatic rings. The molecule has 1 aromatic heterocycles. The zero-order chi connectivity index (χ0) is 21.8. The van der Waals surface area contributed by atoms with E-state index in [2.05, 4.69) is 9.71 Å². The Balaban J connectivity index is 1.89. The fourth-order valence-electron chi connectivity index (χ4n) is 3.09. The predicted octanol–water partition coefficient (Wildman–Crippen LogP) is 3.21. The summed E-state index contributed by atoms with van der Waals surface area (Å²) in [5.41, 5.74) is 0.573. The number of sulfonamides is 1. The molecule has 0 unspecified atom stereocenters. The van der Waals surface area contributed by atoms with Gasteiger partial charge in [0.05, 0.1) is 21.0 Å². The van der Waals surface area contributed by atoms with Crippen LogP contribution in [0.4, 0.5) is 0 Å². The highest BCUT2D eigenvalue weighted by molar-refractivity contribution is 7.91. The molecule has 7 nitrogen and oxygen atoms in total. The van der Waals surface area contributed by atoms with E-state index < -0.39 is 19.9 Å². The van der Waals surface area contributed by atoms with E-state index in [1.54, 1.807) is 36.8 Å². The highest BCUT2D eigenvalue weighted by Gasteiger charge is 2.25. The molecular weight excluding hydrogens is 422 g/mol. The van der Waals surface area contributed by atoms with Gasteiger partial charge >= 0.3 is 0 Å². The second-order valence-electron chi connectivity index (χ2n) is 7.22. The van der Waals surface area contributed by atoms with Crippen molar-refractivity contribution in [3.05, 3.63) is 72.8 Å². The first-order chi connectivity index (χ1) is 14.2. The number of sulfone groups is 1. The van der Waals surface area contributed by atoms with E-state index in [4.69, 9.17) is 0 Å². The van der Waals surface area contributed by atoms with E-state index in [0.29, 0.717) is 18.5 Å². The van der Waals surface area contributed by atoms with Crippen LogP contribution in [0.2, 0.25) is 0 Å². The standard InChI is InChI=1S/C21H25N3O4S2/c1-17(2)20-10-9-19(29(25,26)18-7-4-3-5-8-18)15-21(20)30(27,28)23-11-6-13-24-14-12-22-16-24/h3-5,7-10,12,14-17,23H,6,11,13H2,1-2H3. The van der Waals surface area contributed by atoms with Crippen molar-refractivity contribution in [2.45, 2.75) is 47.4 Å². The smallest absolute Gasteiger partial charge is 0.240 e. The molecule has 3 aromatic rings. The Labute approximate surface area is 177 Å². The largest absolute Gasteiger partial charge is 0.337 e. The summed E-state index contributed by atoms with van der Waals surface area (Å²) >= 11 is 0. The zero-order valence-electron chi connectivity index (χ0n) is 16.9. The van der Waals surface area contributed by atoms with E-state index in [-0.39, 0.29) is 27.1 Å². The molecule has 9 heteroatoms. The molecule has 0 fully saturated rings. The number of benzene rings is 2. The maximum absolute atomic E-state index is 13.0. The average Bonchev–Trinajstić information content (AvgIpc) is 3.25. The van der Waals surface area contributed by atoms with Crippen molar-refractivity contribution in [3.63, 3.8) is 0 Å². The molecule has 30 heavy (non-hydrogen) atoms. The van der Waals surface area contributed by atoms with Crippen molar-refractivity contribution in [3.8, 4) is 0 Å². The van der Waals surface area contributed by atoms with Gasteiger partial charge in [0.2, 0.25) is 19.9 Å². The van der Waals surface area contributed by atoms with Crippen LogP contribution in [-0.2, 0) is 26.4 Å². The van der Waals surface area contributed by atoms with Crippen LogP contribution in [0.3, 0.4) is 0 Å². The van der Waals surface area contributed by atoms with E-state index in [1.807, 2.05) is 24.6 Å². The maximum atomic E-state index is 13.0. The number of nitrogens with zero attached hydrogens (tertiary/aromatic N) is 2. The van der Waals surface area contributed by atoms with Crippen LogP contribution in [0.1, 0.15) is 31.7 Å². The number of aryl methyl sites for hydroxylation is 1. The van der Waals surface area contributed by atoms with E-state index in [9.17, 15) is 16.8 Å². The highest BCUT2D eigenvalue weighted by atomic mass is 32.2. The van der Waals surface area contributed by atoms with Gasteiger partial charge in [0.1, 0.15) is 0 Å². The topological polar surface area (TPSA) is 98.1 Å². The number of rotatable bonds is 9. The quantitative estimate of drug-likeness (QED) is 0.508. The molecule has 0 atom stereocenters. The molecule has 1 N–H and O–H groups in total. The molecule has 0 saturated carbocycles. The van der Waals surface area contributed by atoms with Crippen molar-refractivity contribution in [1.29, 1.82) is 0 Å². The van der Waals surface area contributed by atoms with Crippen LogP contribution in [0.25, 0.3) is 0 Å². The second kappa shape index (κ2) is 9.11. The molecular formula is C21H25N3O4S2. The lowest BCUT2D eigenvalue weighted by atomic mass is 10.0. The number of hydrogen-bond acceptors (Lipinski definition) is 5. The summed E-state index contributed by atoms with van der Waals surface area (Å²) in [6.07, 6.45) is 5.72. The molecule has 0 spiro atoms. The summed E-state index contributed by atoms with van der Waals surface area (Å²) in [4.78, 5) is 4.03. The van der Waals surface area contributed by atoms with Gasteiger partial charge in [-0.15, -0.1) is 0 Å². The Hall–Kier alpha value is -2.49. The van der Waals surface area contributed by atoms with Crippen LogP contribution in [0.15, 0.2) is 81.9 Å². The van der Waals surface area contributed by atoms with Crippen LogP contribution >= 0.6 is 0 Å². The van der Waals surface area contributed by atoms with Gasteiger partial charge in [-0.3, -0.25) is 0 Å². The van der Waals surface area contributed by atoms with Gasteiger partial charge in [-0.25, -0.2) is 26.5 Å². The fraction of sp³-hybridized carbons (Fsp3) is 0.286. The Kier molecular flexibility index (Phi) is 6.74. The Morgan fingerprint density at radius 3 is 2.37 bits per heavy atom. The van der Waals surface area contributed by atoms with Crippen LogP contribution in [0.5, 0.6) is 0 Å². The average molecular weight is 448 g/mol. The first-order valence-corrected chi connectivity index (χ1v) is 12.6. The molecule has 0 saturated heterocycles. The molecule has 2 aromatic carbocycles. The minimum absolute atomic E-state index is 0.00265. The molecule has 3 rings (SSSR count). The Bertz CT molecular complexity index is 1190. The zero-order valence-corrected chi connectivity index (χ0v) is 18.5. The maximum Gasteiger partial charge on any atom is 0.240 e. The SMILES string of the molecule is CC(C)c1ccc(S(=O)(=O)c2ccccc2)cc1S(=O)(=O)NCCCn1ccnc1. The number of nitrogens with one attached hydrogen (secondary N) is 1. The summed E-state index contributed by atoms with van der Waals surface area (Å²) in [7, 11) is -7.70. The van der Waals surface area contributed by atoms with Gasteiger partial charge < -0.3 is 4.57 Å². The fourth-order valence-corrected chi connectivity index (χ4v) is 5.94. The van der Waals surface area contributed by atoms with Crippen molar-refractivity contribution < 1.29 is 16.8 Å².